The van der Waals surface area contributed by atoms with Gasteiger partial charge in [0.2, 0.25) is 0 Å². The lowest BCUT2D eigenvalue weighted by molar-refractivity contribution is -0.161. The molecule has 2 rings (SSSR count). The molecule has 0 aromatic heterocycles. The second-order valence-corrected chi connectivity index (χ2v) is 8.41. The van der Waals surface area contributed by atoms with Crippen molar-refractivity contribution in [3.8, 4) is 0 Å². The van der Waals surface area contributed by atoms with Crippen LogP contribution in [0.4, 0.5) is 0 Å². The molecule has 1 aliphatic carbocycles. The van der Waals surface area contributed by atoms with Crippen LogP contribution in [-0.4, -0.2) is 16.9 Å². The third kappa shape index (κ3) is 3.02. The number of carboxylic acid groups (broad SMARTS) is 1. The smallest absolute Gasteiger partial charge is 0.310 e. The summed E-state index contributed by atoms with van der Waals surface area (Å²) >= 11 is 0. The maximum Gasteiger partial charge on any atom is 0.310 e. The monoisotopic (exact) mass is 344 g/mol. The summed E-state index contributed by atoms with van der Waals surface area (Å²) in [5, 5.41) is 10.1. The fraction of sp³-hybridized carbons (Fsp3) is 0.636. The molecule has 0 aliphatic heterocycles. The Kier molecular flexibility index (Phi) is 5.46. The molecule has 1 saturated carbocycles. The number of carbonyl (C=O) groups is 2. The van der Waals surface area contributed by atoms with E-state index in [-0.39, 0.29) is 11.7 Å². The van der Waals surface area contributed by atoms with Crippen molar-refractivity contribution in [1.29, 1.82) is 0 Å². The van der Waals surface area contributed by atoms with E-state index < -0.39 is 16.8 Å². The Morgan fingerprint density at radius 3 is 1.92 bits per heavy atom. The first-order chi connectivity index (χ1) is 11.6. The highest BCUT2D eigenvalue weighted by Gasteiger charge is 2.59. The predicted octanol–water partition coefficient (Wildman–Crippen LogP) is 5.49. The minimum atomic E-state index is -1.06. The van der Waals surface area contributed by atoms with E-state index in [1.165, 1.54) is 0 Å². The summed E-state index contributed by atoms with van der Waals surface area (Å²) in [5.74, 6) is -0.918. The predicted molar refractivity (Wildman–Crippen MR) is 101 cm³/mol. The third-order valence-electron chi connectivity index (χ3n) is 6.64. The van der Waals surface area contributed by atoms with E-state index in [1.54, 1.807) is 6.92 Å². The van der Waals surface area contributed by atoms with Gasteiger partial charge in [0.15, 0.2) is 5.78 Å². The van der Waals surface area contributed by atoms with Crippen molar-refractivity contribution in [3.63, 3.8) is 0 Å². The minimum absolute atomic E-state index is 0.0424. The number of aliphatic carboxylic acids is 1. The Morgan fingerprint density at radius 1 is 1.04 bits per heavy atom. The second-order valence-electron chi connectivity index (χ2n) is 8.41. The van der Waals surface area contributed by atoms with Gasteiger partial charge in [-0.15, -0.1) is 0 Å². The Labute approximate surface area is 151 Å². The van der Waals surface area contributed by atoms with Gasteiger partial charge in [-0.1, -0.05) is 50.8 Å². The van der Waals surface area contributed by atoms with Crippen LogP contribution in [0.15, 0.2) is 12.1 Å². The molecule has 1 aromatic rings. The van der Waals surface area contributed by atoms with Crippen molar-refractivity contribution >= 4 is 11.8 Å². The Hall–Kier alpha value is -1.64. The number of carboxylic acids is 1. The minimum Gasteiger partial charge on any atom is -0.481 e. The molecule has 0 radical (unpaired) electrons. The fourth-order valence-corrected chi connectivity index (χ4v) is 4.92. The number of aryl methyl sites for hydroxylation is 3. The highest BCUT2D eigenvalue weighted by atomic mass is 16.4. The van der Waals surface area contributed by atoms with Crippen molar-refractivity contribution in [2.75, 3.05) is 0 Å². The summed E-state index contributed by atoms with van der Waals surface area (Å²) in [6, 6.07) is 4.06. The number of hydrogen-bond donors (Lipinski definition) is 1. The topological polar surface area (TPSA) is 54.4 Å². The standard InChI is InChI=1S/C22H32O3/c1-14(2)21(6,20(24)25)22(10-8-7-9-11-22)19(23)18-16(4)12-15(3)13-17(18)5/h12-14H,7-11H2,1-6H3,(H,24,25). The molecule has 1 atom stereocenters. The molecular formula is C22H32O3. The SMILES string of the molecule is Cc1cc(C)c(C(=O)C2(C(C)(C(=O)O)C(C)C)CCCCC2)c(C)c1. The number of hydrogen-bond acceptors (Lipinski definition) is 2. The van der Waals surface area contributed by atoms with E-state index in [4.69, 9.17) is 0 Å². The maximum atomic E-state index is 13.9. The first-order valence-electron chi connectivity index (χ1n) is 9.44. The molecule has 3 heteroatoms. The van der Waals surface area contributed by atoms with Gasteiger partial charge in [-0.25, -0.2) is 0 Å². The van der Waals surface area contributed by atoms with E-state index in [0.717, 1.165) is 41.5 Å². The molecule has 0 saturated heterocycles. The van der Waals surface area contributed by atoms with Gasteiger partial charge in [0.25, 0.3) is 0 Å². The number of rotatable bonds is 5. The zero-order valence-corrected chi connectivity index (χ0v) is 16.5. The highest BCUT2D eigenvalue weighted by molar-refractivity contribution is 6.05. The lowest BCUT2D eigenvalue weighted by atomic mass is 9.51. The Bertz CT molecular complexity index is 658. The number of benzene rings is 1. The molecule has 0 spiro atoms. The van der Waals surface area contributed by atoms with Crippen LogP contribution in [0.5, 0.6) is 0 Å². The molecule has 1 unspecified atom stereocenters. The van der Waals surface area contributed by atoms with Gasteiger partial charge >= 0.3 is 5.97 Å². The second kappa shape index (κ2) is 6.93. The van der Waals surface area contributed by atoms with Gasteiger partial charge < -0.3 is 5.11 Å². The Morgan fingerprint density at radius 2 is 1.52 bits per heavy atom. The van der Waals surface area contributed by atoms with Crippen LogP contribution >= 0.6 is 0 Å². The largest absolute Gasteiger partial charge is 0.481 e. The lowest BCUT2D eigenvalue weighted by Gasteiger charge is -2.50. The van der Waals surface area contributed by atoms with Crippen LogP contribution < -0.4 is 0 Å². The van der Waals surface area contributed by atoms with Gasteiger partial charge in [0.1, 0.15) is 0 Å². The highest BCUT2D eigenvalue weighted by Crippen LogP contribution is 2.56. The molecule has 138 valence electrons. The van der Waals surface area contributed by atoms with Crippen LogP contribution in [0.25, 0.3) is 0 Å². The average Bonchev–Trinajstić information content (AvgIpc) is 2.53. The van der Waals surface area contributed by atoms with Crippen LogP contribution in [0.3, 0.4) is 0 Å². The van der Waals surface area contributed by atoms with Crippen LogP contribution in [0.1, 0.15) is 79.9 Å². The normalized spacial score (nSPS) is 19.5. The van der Waals surface area contributed by atoms with E-state index in [1.807, 2.05) is 46.8 Å². The van der Waals surface area contributed by atoms with Crippen molar-refractivity contribution in [1.82, 2.24) is 0 Å². The molecule has 1 aromatic carbocycles. The summed E-state index contributed by atoms with van der Waals surface area (Å²) in [5.41, 5.74) is 1.91. The number of Topliss-reactive ketones (excluding diaryl/α,β-unsaturated/α-hetero) is 1. The molecule has 25 heavy (non-hydrogen) atoms. The first-order valence-corrected chi connectivity index (χ1v) is 9.44. The zero-order chi connectivity index (χ0) is 19.0. The summed E-state index contributed by atoms with van der Waals surface area (Å²) < 4.78 is 0. The lowest BCUT2D eigenvalue weighted by Crippen LogP contribution is -2.55. The molecule has 1 N–H and O–H groups in total. The van der Waals surface area contributed by atoms with Gasteiger partial charge in [-0.3, -0.25) is 9.59 Å². The van der Waals surface area contributed by atoms with Gasteiger partial charge in [-0.2, -0.15) is 0 Å². The third-order valence-corrected chi connectivity index (χ3v) is 6.64. The summed E-state index contributed by atoms with van der Waals surface area (Å²) in [4.78, 5) is 26.2. The molecule has 0 heterocycles. The maximum absolute atomic E-state index is 13.9. The number of ketones is 1. The van der Waals surface area contributed by atoms with E-state index in [9.17, 15) is 14.7 Å². The van der Waals surface area contributed by atoms with Crippen LogP contribution in [0, 0.1) is 37.5 Å². The molecule has 0 amide bonds. The zero-order valence-electron chi connectivity index (χ0n) is 16.5. The van der Waals surface area contributed by atoms with Crippen LogP contribution in [-0.2, 0) is 4.79 Å². The van der Waals surface area contributed by atoms with Crippen molar-refractivity contribution in [2.24, 2.45) is 16.7 Å². The van der Waals surface area contributed by atoms with Crippen molar-refractivity contribution in [3.05, 3.63) is 34.4 Å². The van der Waals surface area contributed by atoms with E-state index >= 15 is 0 Å². The molecule has 0 bridgehead atoms. The molecule has 3 nitrogen and oxygen atoms in total. The van der Waals surface area contributed by atoms with E-state index in [2.05, 4.69) is 0 Å². The van der Waals surface area contributed by atoms with Gasteiger partial charge in [-0.05, 0) is 57.6 Å². The first kappa shape index (κ1) is 19.7. The quantitative estimate of drug-likeness (QED) is 0.718. The van der Waals surface area contributed by atoms with Crippen molar-refractivity contribution in [2.45, 2.75) is 73.6 Å². The summed E-state index contributed by atoms with van der Waals surface area (Å²) in [6.45, 7) is 11.6. The summed E-state index contributed by atoms with van der Waals surface area (Å²) in [6.07, 6.45) is 4.25. The molecule has 1 aliphatic rings. The molecular weight excluding hydrogens is 312 g/mol. The summed E-state index contributed by atoms with van der Waals surface area (Å²) in [7, 11) is 0. The van der Waals surface area contributed by atoms with Crippen LogP contribution in [0.2, 0.25) is 0 Å². The Balaban J connectivity index is 2.70. The van der Waals surface area contributed by atoms with Gasteiger partial charge in [0, 0.05) is 11.0 Å². The van der Waals surface area contributed by atoms with E-state index in [0.29, 0.717) is 12.8 Å². The molecule has 1 fully saturated rings. The van der Waals surface area contributed by atoms with Gasteiger partial charge in [0.05, 0.1) is 5.41 Å². The number of carbonyl (C=O) groups excluding carboxylic acids is 1. The average molecular weight is 344 g/mol. The van der Waals surface area contributed by atoms with Crippen molar-refractivity contribution < 1.29 is 14.7 Å². The fourth-order valence-electron chi connectivity index (χ4n) is 4.92.